The number of rotatable bonds is 8. The molecule has 0 aliphatic heterocycles. The van der Waals surface area contributed by atoms with Crippen LogP contribution in [0.3, 0.4) is 0 Å². The van der Waals surface area contributed by atoms with Crippen molar-refractivity contribution in [2.24, 2.45) is 5.11 Å². The Balaban J connectivity index is 0.000000560. The Kier molecular flexibility index (Phi) is 20.1. The van der Waals surface area contributed by atoms with Gasteiger partial charge in [-0.1, -0.05) is 73.6 Å². The number of hydrogen-bond acceptors (Lipinski definition) is 9. The van der Waals surface area contributed by atoms with Gasteiger partial charge in [0.05, 0.1) is 13.5 Å². The molecule has 0 amide bonds. The lowest BCUT2D eigenvalue weighted by Crippen LogP contribution is -2.12. The van der Waals surface area contributed by atoms with Crippen molar-refractivity contribution in [2.75, 3.05) is 20.8 Å². The second-order valence-corrected chi connectivity index (χ2v) is 10.2. The summed E-state index contributed by atoms with van der Waals surface area (Å²) in [5, 5.41) is 20.7. The molecule has 3 rings (SSSR count). The molecule has 0 radical (unpaired) electrons. The van der Waals surface area contributed by atoms with Gasteiger partial charge >= 0.3 is 5.97 Å². The van der Waals surface area contributed by atoms with Gasteiger partial charge in [-0.15, -0.1) is 20.4 Å². The number of carbonyl (C=O) groups excluding carboxylic acids is 3. The van der Waals surface area contributed by atoms with Gasteiger partial charge in [-0.05, 0) is 56.2 Å². The maximum absolute atomic E-state index is 10.9. The van der Waals surface area contributed by atoms with Crippen LogP contribution in [-0.4, -0.2) is 58.8 Å². The molecular formula is C29H38N7O4P. The van der Waals surface area contributed by atoms with Crippen LogP contribution in [0.15, 0.2) is 71.9 Å². The van der Waals surface area contributed by atoms with Crippen LogP contribution in [-0.2, 0) is 25.5 Å². The zero-order valence-electron chi connectivity index (χ0n) is 24.7. The number of nitrogens with zero attached hydrogens (tertiary/aromatic N) is 7. The van der Waals surface area contributed by atoms with Crippen LogP contribution in [0.2, 0.25) is 0 Å². The van der Waals surface area contributed by atoms with Gasteiger partial charge in [0.15, 0.2) is 17.4 Å². The maximum Gasteiger partial charge on any atom is 0.330 e. The number of benzene rings is 2. The fourth-order valence-corrected chi connectivity index (χ4v) is 4.56. The smallest absolute Gasteiger partial charge is 0.330 e. The summed E-state index contributed by atoms with van der Waals surface area (Å²) in [6.45, 7) is 9.75. The van der Waals surface area contributed by atoms with Crippen molar-refractivity contribution in [3.63, 3.8) is 0 Å². The van der Waals surface area contributed by atoms with Crippen molar-refractivity contribution in [2.45, 2.75) is 47.0 Å². The molecule has 12 heteroatoms. The first kappa shape index (κ1) is 36.7. The Hall–Kier alpha value is -4.33. The first-order valence-corrected chi connectivity index (χ1v) is 14.5. The van der Waals surface area contributed by atoms with Gasteiger partial charge in [0.25, 0.3) is 0 Å². The molecule has 0 aliphatic rings. The highest BCUT2D eigenvalue weighted by Gasteiger charge is 2.08. The molecule has 1 atom stereocenters. The molecule has 0 bridgehead atoms. The minimum Gasteiger partial charge on any atom is -0.466 e. The molecule has 0 saturated carbocycles. The van der Waals surface area contributed by atoms with Gasteiger partial charge in [-0.2, -0.15) is 0 Å². The van der Waals surface area contributed by atoms with Gasteiger partial charge in [-0.25, -0.2) is 4.79 Å². The Morgan fingerprint density at radius 3 is 1.98 bits per heavy atom. The Bertz CT molecular complexity index is 1260. The van der Waals surface area contributed by atoms with Crippen molar-refractivity contribution in [3.05, 3.63) is 94.4 Å². The Morgan fingerprint density at radius 2 is 1.49 bits per heavy atom. The highest BCUT2D eigenvalue weighted by atomic mass is 31.1. The molecule has 1 aromatic heterocycles. The third-order valence-corrected chi connectivity index (χ3v) is 7.33. The summed E-state index contributed by atoms with van der Waals surface area (Å²) >= 11 is 0. The van der Waals surface area contributed by atoms with Gasteiger partial charge in [-0.3, -0.25) is 9.59 Å². The summed E-state index contributed by atoms with van der Waals surface area (Å²) in [6.07, 6.45) is 3.47. The van der Waals surface area contributed by atoms with Gasteiger partial charge in [0.2, 0.25) is 0 Å². The van der Waals surface area contributed by atoms with E-state index in [9.17, 15) is 14.4 Å². The molecule has 1 heterocycles. The lowest BCUT2D eigenvalue weighted by molar-refractivity contribution is -0.135. The van der Waals surface area contributed by atoms with E-state index in [1.807, 2.05) is 0 Å². The van der Waals surface area contributed by atoms with E-state index < -0.39 is 5.97 Å². The molecule has 0 fully saturated rings. The number of carbonyl (C=O) groups is 3. The fourth-order valence-electron chi connectivity index (χ4n) is 2.75. The van der Waals surface area contributed by atoms with Crippen LogP contribution in [0, 0.1) is 13.8 Å². The molecule has 2 aromatic carbocycles. The van der Waals surface area contributed by atoms with E-state index in [0.29, 0.717) is 24.5 Å². The standard InChI is InChI=1S/C14H15P.C7H10N4O.C7H10O3.CH3N3/c1-12-8-6-7-11-14(12)15(2)13-9-4-3-5-10-13;1-3-6(12)4-7-10-8-5(2)9-11-7;1-3-6(8)4-5-7(9)10-2;1-3-4-2/h3-11H,1-2H3;3-4H2,1-2H3;4-5H,3H2,1-2H3;1H3/b;;5-4-;. The zero-order chi connectivity index (χ0) is 31.0. The number of aryl methyl sites for hydroxylation is 2. The second kappa shape index (κ2) is 22.5. The van der Waals surface area contributed by atoms with Crippen molar-refractivity contribution >= 4 is 36.1 Å². The van der Waals surface area contributed by atoms with Gasteiger partial charge in [0.1, 0.15) is 5.78 Å². The van der Waals surface area contributed by atoms with E-state index in [4.69, 9.17) is 5.53 Å². The molecule has 0 aliphatic carbocycles. The number of Topliss-reactive ketones (excluding diaryl/α,β-unsaturated/α-hetero) is 1. The van der Waals surface area contributed by atoms with Gasteiger partial charge < -0.3 is 4.74 Å². The average Bonchev–Trinajstić information content (AvgIpc) is 3.01. The number of esters is 1. The summed E-state index contributed by atoms with van der Waals surface area (Å²) in [5.74, 6) is 0.435. The molecule has 11 nitrogen and oxygen atoms in total. The summed E-state index contributed by atoms with van der Waals surface area (Å²) in [6, 6.07) is 19.4. The third-order valence-electron chi connectivity index (χ3n) is 5.03. The third kappa shape index (κ3) is 17.1. The summed E-state index contributed by atoms with van der Waals surface area (Å²) in [4.78, 5) is 34.2. The highest BCUT2D eigenvalue weighted by Crippen LogP contribution is 2.29. The van der Waals surface area contributed by atoms with E-state index in [2.05, 4.69) is 103 Å². The zero-order valence-corrected chi connectivity index (χ0v) is 25.6. The molecule has 0 N–H and O–H groups in total. The number of hydrogen-bond donors (Lipinski definition) is 0. The van der Waals surface area contributed by atoms with Crippen LogP contribution >= 0.6 is 7.92 Å². The molecule has 0 saturated heterocycles. The number of ketones is 2. The SMILES string of the molecule is CCC(=O)/C=C\C(=O)OC.CCC(=O)Cc1nnc(C)nn1.CN=[N+]=[N-].Cc1ccccc1P(C)c1ccccc1. The van der Waals surface area contributed by atoms with E-state index in [0.717, 1.165) is 6.08 Å². The van der Waals surface area contributed by atoms with Gasteiger partial charge in [0, 0.05) is 30.9 Å². The van der Waals surface area contributed by atoms with Crippen LogP contribution in [0.4, 0.5) is 0 Å². The van der Waals surface area contributed by atoms with Crippen molar-refractivity contribution in [3.8, 4) is 0 Å². The first-order valence-electron chi connectivity index (χ1n) is 12.7. The fraction of sp³-hybridized carbons (Fsp3) is 0.345. The first-order chi connectivity index (χ1) is 19.6. The summed E-state index contributed by atoms with van der Waals surface area (Å²) in [7, 11) is 2.46. The number of allylic oxidation sites excluding steroid dienone is 1. The van der Waals surface area contributed by atoms with E-state index in [1.54, 1.807) is 20.8 Å². The lowest BCUT2D eigenvalue weighted by atomic mass is 10.2. The minimum atomic E-state index is -0.498. The molecule has 3 aromatic rings. The van der Waals surface area contributed by atoms with Crippen LogP contribution in [0.5, 0.6) is 0 Å². The molecule has 0 spiro atoms. The average molecular weight is 580 g/mol. The van der Waals surface area contributed by atoms with E-state index in [1.165, 1.54) is 36.4 Å². The van der Waals surface area contributed by atoms with Crippen LogP contribution < -0.4 is 10.6 Å². The van der Waals surface area contributed by atoms with E-state index >= 15 is 0 Å². The predicted octanol–water partition coefficient (Wildman–Crippen LogP) is 4.78. The second-order valence-electron chi connectivity index (χ2n) is 8.08. The number of aromatic nitrogens is 4. The number of ether oxygens (including phenoxy) is 1. The summed E-state index contributed by atoms with van der Waals surface area (Å²) in [5.41, 5.74) is 8.73. The molecule has 41 heavy (non-hydrogen) atoms. The van der Waals surface area contributed by atoms with Crippen molar-refractivity contribution < 1.29 is 19.1 Å². The number of azide groups is 1. The Labute approximate surface area is 242 Å². The lowest BCUT2D eigenvalue weighted by Gasteiger charge is -2.15. The maximum atomic E-state index is 10.9. The van der Waals surface area contributed by atoms with E-state index in [-0.39, 0.29) is 25.9 Å². The van der Waals surface area contributed by atoms with Crippen LogP contribution in [0.1, 0.15) is 43.9 Å². The quantitative estimate of drug-likeness (QED) is 0.0920. The monoisotopic (exact) mass is 579 g/mol. The molecule has 218 valence electrons. The largest absolute Gasteiger partial charge is 0.466 e. The predicted molar refractivity (Wildman–Crippen MR) is 163 cm³/mol. The minimum absolute atomic E-state index is 0.0783. The highest BCUT2D eigenvalue weighted by molar-refractivity contribution is 7.72. The van der Waals surface area contributed by atoms with Crippen molar-refractivity contribution in [1.29, 1.82) is 0 Å². The molecule has 1 unspecified atom stereocenters. The van der Waals surface area contributed by atoms with Crippen molar-refractivity contribution in [1.82, 2.24) is 20.4 Å². The topological polar surface area (TPSA) is 161 Å². The Morgan fingerprint density at radius 1 is 0.927 bits per heavy atom. The molecular weight excluding hydrogens is 541 g/mol. The van der Waals surface area contributed by atoms with Crippen LogP contribution in [0.25, 0.3) is 10.4 Å². The number of methoxy groups -OCH3 is 1. The normalized spacial score (nSPS) is 10.2. The summed E-state index contributed by atoms with van der Waals surface area (Å²) < 4.78 is 4.27.